The van der Waals surface area contributed by atoms with Crippen molar-refractivity contribution >= 4 is 23.4 Å². The Labute approximate surface area is 180 Å². The van der Waals surface area contributed by atoms with Crippen LogP contribution in [-0.4, -0.2) is 28.6 Å². The molecule has 1 saturated carbocycles. The van der Waals surface area contributed by atoms with Gasteiger partial charge in [-0.2, -0.15) is 0 Å². The molecule has 1 aliphatic carbocycles. The van der Waals surface area contributed by atoms with Gasteiger partial charge in [-0.25, -0.2) is 8.78 Å². The van der Waals surface area contributed by atoms with Crippen LogP contribution in [0.2, 0.25) is 0 Å². The fraction of sp³-hybridized carbons (Fsp3) is 0.391. The number of benzene rings is 2. The van der Waals surface area contributed by atoms with Crippen LogP contribution in [0.5, 0.6) is 0 Å². The predicted octanol–water partition coefficient (Wildman–Crippen LogP) is 4.72. The summed E-state index contributed by atoms with van der Waals surface area (Å²) in [5.41, 5.74) is 0.716. The molecule has 2 amide bonds. The minimum Gasteiger partial charge on any atom is -0.351 e. The van der Waals surface area contributed by atoms with Gasteiger partial charge in [0.25, 0.3) is 0 Å². The van der Waals surface area contributed by atoms with Gasteiger partial charge in [0.05, 0.1) is 0 Å². The topological polar surface area (TPSA) is 49.4 Å². The van der Waals surface area contributed by atoms with Crippen molar-refractivity contribution in [2.45, 2.75) is 50.7 Å². The maximum atomic E-state index is 14.7. The molecule has 0 spiro atoms. The van der Waals surface area contributed by atoms with Crippen molar-refractivity contribution in [1.29, 1.82) is 0 Å². The third-order valence-electron chi connectivity index (χ3n) is 5.41. The summed E-state index contributed by atoms with van der Waals surface area (Å²) in [5.74, 6) is -2.29. The lowest BCUT2D eigenvalue weighted by Crippen LogP contribution is -2.47. The first-order chi connectivity index (χ1) is 14.5. The fourth-order valence-corrected chi connectivity index (χ4v) is 4.01. The van der Waals surface area contributed by atoms with Gasteiger partial charge in [0.15, 0.2) is 0 Å². The number of hydrogen-bond donors (Lipinski definition) is 1. The van der Waals surface area contributed by atoms with E-state index in [4.69, 9.17) is 11.6 Å². The van der Waals surface area contributed by atoms with Gasteiger partial charge in [-0.1, -0.05) is 49.6 Å². The van der Waals surface area contributed by atoms with Crippen LogP contribution in [0.15, 0.2) is 48.5 Å². The van der Waals surface area contributed by atoms with Crippen LogP contribution in [0.4, 0.5) is 8.78 Å². The zero-order valence-electron chi connectivity index (χ0n) is 16.6. The molecule has 2 aromatic rings. The third-order valence-corrected chi connectivity index (χ3v) is 5.64. The van der Waals surface area contributed by atoms with E-state index in [9.17, 15) is 18.4 Å². The monoisotopic (exact) mass is 434 g/mol. The molecule has 0 saturated heterocycles. The number of carbonyl (C=O) groups is 2. The van der Waals surface area contributed by atoms with Gasteiger partial charge < -0.3 is 10.2 Å². The highest BCUT2D eigenvalue weighted by atomic mass is 35.5. The molecule has 3 rings (SSSR count). The second kappa shape index (κ2) is 10.5. The van der Waals surface area contributed by atoms with Gasteiger partial charge in [-0.05, 0) is 36.6 Å². The average Bonchev–Trinajstić information content (AvgIpc) is 2.76. The van der Waals surface area contributed by atoms with E-state index in [2.05, 4.69) is 5.32 Å². The second-order valence-corrected chi connectivity index (χ2v) is 7.82. The molecule has 1 fully saturated rings. The number of hydrogen-bond acceptors (Lipinski definition) is 2. The number of carbonyl (C=O) groups excluding carboxylic acids is 2. The minimum absolute atomic E-state index is 0.000650. The van der Waals surface area contributed by atoms with E-state index in [1.54, 1.807) is 6.07 Å². The van der Waals surface area contributed by atoms with E-state index in [0.29, 0.717) is 5.56 Å². The minimum atomic E-state index is -1.18. The summed E-state index contributed by atoms with van der Waals surface area (Å²) < 4.78 is 28.0. The van der Waals surface area contributed by atoms with Crippen LogP contribution in [0.3, 0.4) is 0 Å². The number of amides is 2. The van der Waals surface area contributed by atoms with Crippen molar-refractivity contribution in [2.75, 3.05) is 5.88 Å². The van der Waals surface area contributed by atoms with E-state index < -0.39 is 29.5 Å². The molecule has 0 radical (unpaired) electrons. The Morgan fingerprint density at radius 1 is 1.03 bits per heavy atom. The van der Waals surface area contributed by atoms with E-state index in [1.165, 1.54) is 47.4 Å². The highest BCUT2D eigenvalue weighted by molar-refractivity contribution is 6.27. The van der Waals surface area contributed by atoms with Gasteiger partial charge in [0.1, 0.15) is 23.6 Å². The van der Waals surface area contributed by atoms with Crippen molar-refractivity contribution in [1.82, 2.24) is 10.2 Å². The number of rotatable bonds is 7. The number of halogens is 3. The summed E-state index contributed by atoms with van der Waals surface area (Å²) in [6.45, 7) is 0.00290. The van der Waals surface area contributed by atoms with Crippen molar-refractivity contribution < 1.29 is 18.4 Å². The largest absolute Gasteiger partial charge is 0.351 e. The smallest absolute Gasteiger partial charge is 0.247 e. The summed E-state index contributed by atoms with van der Waals surface area (Å²) in [4.78, 5) is 27.3. The normalized spacial score (nSPS) is 15.4. The Morgan fingerprint density at radius 3 is 2.33 bits per heavy atom. The van der Waals surface area contributed by atoms with Gasteiger partial charge in [-0.15, -0.1) is 11.6 Å². The van der Waals surface area contributed by atoms with E-state index in [0.717, 1.165) is 32.1 Å². The molecule has 1 unspecified atom stereocenters. The molecular weight excluding hydrogens is 410 g/mol. The highest BCUT2D eigenvalue weighted by Crippen LogP contribution is 2.28. The van der Waals surface area contributed by atoms with E-state index in [-0.39, 0.29) is 24.0 Å². The number of nitrogens with zero attached hydrogens (tertiary/aromatic N) is 1. The van der Waals surface area contributed by atoms with Crippen LogP contribution < -0.4 is 5.32 Å². The quantitative estimate of drug-likeness (QED) is 0.641. The van der Waals surface area contributed by atoms with Crippen molar-refractivity contribution in [3.8, 4) is 0 Å². The molecular formula is C23H25ClF2N2O2. The second-order valence-electron chi connectivity index (χ2n) is 7.55. The van der Waals surface area contributed by atoms with Crippen LogP contribution in [-0.2, 0) is 16.1 Å². The molecule has 0 aromatic heterocycles. The van der Waals surface area contributed by atoms with E-state index >= 15 is 0 Å². The zero-order valence-corrected chi connectivity index (χ0v) is 17.4. The maximum absolute atomic E-state index is 14.7. The predicted molar refractivity (Wildman–Crippen MR) is 112 cm³/mol. The molecule has 2 aromatic carbocycles. The molecule has 1 atom stereocenters. The lowest BCUT2D eigenvalue weighted by atomic mass is 9.94. The standard InChI is InChI=1S/C23H25ClF2N2O2/c24-14-21(29)28(15-16-10-12-17(25)13-11-16)22(19-8-4-5-9-20(19)26)23(30)27-18-6-2-1-3-7-18/h4-5,8-13,18,22H,1-3,6-7,14-15H2,(H,27,30). The van der Waals surface area contributed by atoms with Crippen molar-refractivity contribution in [2.24, 2.45) is 0 Å². The summed E-state index contributed by atoms with van der Waals surface area (Å²) in [5, 5.41) is 3.00. The Kier molecular flexibility index (Phi) is 7.80. The van der Waals surface area contributed by atoms with Gasteiger partial charge in [0.2, 0.25) is 11.8 Å². The van der Waals surface area contributed by atoms with Crippen molar-refractivity contribution in [3.63, 3.8) is 0 Å². The fourth-order valence-electron chi connectivity index (χ4n) is 3.86. The molecule has 0 heterocycles. The summed E-state index contributed by atoms with van der Waals surface area (Å²) in [6.07, 6.45) is 4.89. The summed E-state index contributed by atoms with van der Waals surface area (Å²) in [6, 6.07) is 10.4. The van der Waals surface area contributed by atoms with Crippen LogP contribution in [0, 0.1) is 11.6 Å². The average molecular weight is 435 g/mol. The molecule has 0 aliphatic heterocycles. The Bertz CT molecular complexity index is 870. The molecule has 7 heteroatoms. The first-order valence-corrected chi connectivity index (χ1v) is 10.7. The number of alkyl halides is 1. The first-order valence-electron chi connectivity index (χ1n) is 10.1. The summed E-state index contributed by atoms with van der Waals surface area (Å²) >= 11 is 5.83. The molecule has 160 valence electrons. The van der Waals surface area contributed by atoms with Gasteiger partial charge in [-0.3, -0.25) is 9.59 Å². The summed E-state index contributed by atoms with van der Waals surface area (Å²) in [7, 11) is 0. The lowest BCUT2D eigenvalue weighted by molar-refractivity contribution is -0.140. The first kappa shape index (κ1) is 22.2. The van der Waals surface area contributed by atoms with Crippen LogP contribution in [0.25, 0.3) is 0 Å². The van der Waals surface area contributed by atoms with Crippen LogP contribution in [0.1, 0.15) is 49.3 Å². The SMILES string of the molecule is O=C(NC1CCCCC1)C(c1ccccc1F)N(Cc1ccc(F)cc1)C(=O)CCl. The molecule has 1 N–H and O–H groups in total. The highest BCUT2D eigenvalue weighted by Gasteiger charge is 2.34. The maximum Gasteiger partial charge on any atom is 0.247 e. The van der Waals surface area contributed by atoms with Gasteiger partial charge in [0, 0.05) is 18.2 Å². The number of nitrogens with one attached hydrogen (secondary N) is 1. The van der Waals surface area contributed by atoms with Gasteiger partial charge >= 0.3 is 0 Å². The zero-order chi connectivity index (χ0) is 21.5. The third kappa shape index (κ3) is 5.57. The Balaban J connectivity index is 1.95. The van der Waals surface area contributed by atoms with Crippen molar-refractivity contribution in [3.05, 3.63) is 71.3 Å². The molecule has 4 nitrogen and oxygen atoms in total. The van der Waals surface area contributed by atoms with Crippen LogP contribution >= 0.6 is 11.6 Å². The molecule has 30 heavy (non-hydrogen) atoms. The van der Waals surface area contributed by atoms with E-state index in [1.807, 2.05) is 0 Å². The molecule has 0 bridgehead atoms. The molecule has 1 aliphatic rings. The lowest BCUT2D eigenvalue weighted by Gasteiger charge is -2.33. The Morgan fingerprint density at radius 2 is 1.70 bits per heavy atom. The Hall–Kier alpha value is -2.47.